The van der Waals surface area contributed by atoms with Crippen molar-refractivity contribution in [3.05, 3.63) is 70.8 Å². The van der Waals surface area contributed by atoms with E-state index in [0.29, 0.717) is 0 Å². The monoisotopic (exact) mass is 564 g/mol. The van der Waals surface area contributed by atoms with Crippen molar-refractivity contribution < 1.29 is 49.2 Å². The van der Waals surface area contributed by atoms with E-state index in [0.717, 1.165) is 33.7 Å². The van der Waals surface area contributed by atoms with Crippen LogP contribution in [-0.4, -0.2) is 78.5 Å². The van der Waals surface area contributed by atoms with Gasteiger partial charge in [-0.1, -0.05) is 58.0 Å². The first-order valence-corrected chi connectivity index (χ1v) is 13.3. The molecule has 0 unspecified atom stereocenters. The van der Waals surface area contributed by atoms with E-state index in [-0.39, 0.29) is 35.5 Å². The van der Waals surface area contributed by atoms with Crippen molar-refractivity contribution in [2.24, 2.45) is 11.5 Å². The summed E-state index contributed by atoms with van der Waals surface area (Å²) in [5, 5.41) is 37.8. The van der Waals surface area contributed by atoms with Crippen LogP contribution in [-0.2, 0) is 9.59 Å². The molecule has 2 atom stereocenters. The number of carboxylic acids is 4. The smallest absolute Gasteiger partial charge is 0.336 e. The lowest BCUT2D eigenvalue weighted by Gasteiger charge is -2.24. The summed E-state index contributed by atoms with van der Waals surface area (Å²) >= 11 is 0. The summed E-state index contributed by atoms with van der Waals surface area (Å²) in [6, 6.07) is 10.2. The molecule has 0 amide bonds. The van der Waals surface area contributed by atoms with Crippen LogP contribution in [0.2, 0.25) is 0 Å². The van der Waals surface area contributed by atoms with Gasteiger partial charge < -0.3 is 31.9 Å². The van der Waals surface area contributed by atoms with E-state index in [1.54, 1.807) is 0 Å². The van der Waals surface area contributed by atoms with Crippen LogP contribution in [0.1, 0.15) is 54.3 Å². The first-order chi connectivity index (χ1) is 17.8. The summed E-state index contributed by atoms with van der Waals surface area (Å²) in [7, 11) is 2.08. The summed E-state index contributed by atoms with van der Waals surface area (Å²) < 4.78 is 0. The lowest BCUT2D eigenvalue weighted by molar-refractivity contribution is -0.142. The van der Waals surface area contributed by atoms with Gasteiger partial charge in [-0.05, 0) is 25.0 Å². The number of hydrogen-bond donors (Lipinski definition) is 6. The Kier molecular flexibility index (Phi) is 10.2. The number of Topliss-reactive ketones (excluding diaryl/α,β-unsaturated/α-hetero) is 2. The Balaban J connectivity index is 2.05. The molecule has 2 rings (SSSR count). The molecule has 0 heterocycles. The van der Waals surface area contributed by atoms with Gasteiger partial charge in [0, 0.05) is 22.6 Å². The Bertz CT molecular complexity index is 1190. The zero-order valence-electron chi connectivity index (χ0n) is 19.7. The second-order valence-electron chi connectivity index (χ2n) is 8.06. The average Bonchev–Trinajstić information content (AvgIpc) is 2.88. The minimum absolute atomic E-state index is 0.00508. The number of ketones is 2. The molecule has 0 aliphatic rings. The molecule has 2 aromatic rings. The van der Waals surface area contributed by atoms with Crippen LogP contribution in [0.15, 0.2) is 48.5 Å². The highest BCUT2D eigenvalue weighted by atomic mass is 33.1. The van der Waals surface area contributed by atoms with Crippen LogP contribution < -0.4 is 11.5 Å². The molecule has 12 nitrogen and oxygen atoms in total. The van der Waals surface area contributed by atoms with Gasteiger partial charge in [0.25, 0.3) is 0 Å². The topological polar surface area (TPSA) is 235 Å². The maximum absolute atomic E-state index is 12.9. The van der Waals surface area contributed by atoms with Crippen LogP contribution in [0.3, 0.4) is 0 Å². The summed E-state index contributed by atoms with van der Waals surface area (Å²) in [4.78, 5) is 72.4. The molecule has 0 aromatic heterocycles. The zero-order valence-corrected chi connectivity index (χ0v) is 21.3. The van der Waals surface area contributed by atoms with Crippen molar-refractivity contribution in [3.63, 3.8) is 0 Å². The van der Waals surface area contributed by atoms with E-state index in [1.165, 1.54) is 36.4 Å². The van der Waals surface area contributed by atoms with E-state index in [2.05, 4.69) is 0 Å². The Morgan fingerprint density at radius 2 is 0.868 bits per heavy atom. The number of carbonyl (C=O) groups excluding carboxylic acids is 2. The first kappa shape index (κ1) is 30.5. The molecule has 0 fully saturated rings. The molecule has 0 bridgehead atoms. The molecule has 0 aliphatic heterocycles. The van der Waals surface area contributed by atoms with Gasteiger partial charge in [-0.2, -0.15) is 0 Å². The molecule has 2 aromatic carbocycles. The number of carbonyl (C=O) groups is 6. The third kappa shape index (κ3) is 6.58. The van der Waals surface area contributed by atoms with Crippen molar-refractivity contribution >= 4 is 57.0 Å². The van der Waals surface area contributed by atoms with Gasteiger partial charge >= 0.3 is 23.9 Å². The Hall–Kier alpha value is -3.72. The fourth-order valence-electron chi connectivity index (χ4n) is 3.37. The maximum Gasteiger partial charge on any atom is 0.336 e. The predicted octanol–water partition coefficient (Wildman–Crippen LogP) is 1.87. The van der Waals surface area contributed by atoms with Crippen LogP contribution in [0.4, 0.5) is 0 Å². The van der Waals surface area contributed by atoms with E-state index in [9.17, 15) is 49.2 Å². The predicted molar refractivity (Wildman–Crippen MR) is 139 cm³/mol. The fraction of sp³-hybridized carbons (Fsp3) is 0.250. The van der Waals surface area contributed by atoms with Gasteiger partial charge in [0.15, 0.2) is 22.6 Å². The zero-order chi connectivity index (χ0) is 28.7. The number of rotatable bonds is 15. The third-order valence-electron chi connectivity index (χ3n) is 5.62. The molecule has 14 heteroatoms. The summed E-state index contributed by atoms with van der Waals surface area (Å²) in [5.74, 6) is -8.31. The summed E-state index contributed by atoms with van der Waals surface area (Å²) in [6.45, 7) is 0. The van der Waals surface area contributed by atoms with Crippen LogP contribution in [0, 0.1) is 0 Å². The van der Waals surface area contributed by atoms with Gasteiger partial charge in [-0.3, -0.25) is 9.59 Å². The molecule has 202 valence electrons. The Morgan fingerprint density at radius 3 is 1.13 bits per heavy atom. The number of nitrogens with two attached hydrogens (primary N) is 2. The summed E-state index contributed by atoms with van der Waals surface area (Å²) in [5.41, 5.74) is 5.47. The molecular formula is C24H24N2O10S2. The molecule has 0 spiro atoms. The van der Waals surface area contributed by atoms with Gasteiger partial charge in [-0.25, -0.2) is 19.2 Å². The number of benzene rings is 2. The molecule has 38 heavy (non-hydrogen) atoms. The molecule has 0 aliphatic carbocycles. The average molecular weight is 565 g/mol. The molecule has 0 saturated heterocycles. The largest absolute Gasteiger partial charge is 0.480 e. The van der Waals surface area contributed by atoms with E-state index < -0.39 is 57.6 Å². The van der Waals surface area contributed by atoms with E-state index in [1.807, 2.05) is 0 Å². The van der Waals surface area contributed by atoms with Crippen molar-refractivity contribution in [2.45, 2.75) is 23.9 Å². The van der Waals surface area contributed by atoms with Gasteiger partial charge in [0.1, 0.15) is 0 Å². The number of hydrogen-bond acceptors (Lipinski definition) is 10. The lowest BCUT2D eigenvalue weighted by atomic mass is 9.86. The Morgan fingerprint density at radius 1 is 0.579 bits per heavy atom. The highest BCUT2D eigenvalue weighted by molar-refractivity contribution is 8.76. The summed E-state index contributed by atoms with van der Waals surface area (Å²) in [6.07, 6.45) is -0.769. The standard InChI is InChI=1S/C24H24N2O10S2/c25-23(21(33)34,17(27)13-5-1-3-7-15(13)19(29)30)9-11-37-38-12-10-24(26,22(35)36)18(28)14-6-2-4-8-16(14)20(31)32/h1-8H,9-12,25-26H2,(H,29,30)(H,31,32)(H,33,34)(H,35,36)/t23-,24-/m1/s1. The minimum Gasteiger partial charge on any atom is -0.480 e. The van der Waals surface area contributed by atoms with Crippen molar-refractivity contribution in [3.8, 4) is 0 Å². The van der Waals surface area contributed by atoms with Gasteiger partial charge in [0.2, 0.25) is 0 Å². The quantitative estimate of drug-likeness (QED) is 0.0784. The van der Waals surface area contributed by atoms with Gasteiger partial charge in [0.05, 0.1) is 11.1 Å². The SMILES string of the molecule is N[C@@](CCSSCC[C@](N)(C(=O)O)C(=O)c1ccccc1C(=O)O)(C(=O)O)C(=O)c1ccccc1C(=O)O. The first-order valence-electron chi connectivity index (χ1n) is 10.8. The second-order valence-corrected chi connectivity index (χ2v) is 10.8. The highest BCUT2D eigenvalue weighted by Crippen LogP contribution is 2.30. The molecular weight excluding hydrogens is 540 g/mol. The molecule has 8 N–H and O–H groups in total. The van der Waals surface area contributed by atoms with E-state index in [4.69, 9.17) is 11.5 Å². The van der Waals surface area contributed by atoms with Gasteiger partial charge in [-0.15, -0.1) is 0 Å². The van der Waals surface area contributed by atoms with Crippen LogP contribution in [0.25, 0.3) is 0 Å². The van der Waals surface area contributed by atoms with Crippen LogP contribution >= 0.6 is 21.6 Å². The van der Waals surface area contributed by atoms with Crippen molar-refractivity contribution in [1.82, 2.24) is 0 Å². The fourth-order valence-corrected chi connectivity index (χ4v) is 5.63. The van der Waals surface area contributed by atoms with Crippen molar-refractivity contribution in [2.75, 3.05) is 11.5 Å². The minimum atomic E-state index is -2.42. The number of aromatic carboxylic acids is 2. The third-order valence-corrected chi connectivity index (χ3v) is 8.03. The number of aliphatic carboxylic acids is 2. The normalized spacial score (nSPS) is 14.1. The maximum atomic E-state index is 12.9. The Labute approximate surface area is 223 Å². The number of carboxylic acid groups (broad SMARTS) is 4. The second kappa shape index (κ2) is 12.7. The molecule has 0 saturated carbocycles. The lowest BCUT2D eigenvalue weighted by Crippen LogP contribution is -2.55. The highest BCUT2D eigenvalue weighted by Gasteiger charge is 2.44. The van der Waals surface area contributed by atoms with Crippen molar-refractivity contribution in [1.29, 1.82) is 0 Å². The molecule has 0 radical (unpaired) electrons. The van der Waals surface area contributed by atoms with Crippen LogP contribution in [0.5, 0.6) is 0 Å². The van der Waals surface area contributed by atoms with E-state index >= 15 is 0 Å².